The average molecular weight is 391 g/mol. The van der Waals surface area contributed by atoms with E-state index in [1.807, 2.05) is 18.2 Å². The van der Waals surface area contributed by atoms with Gasteiger partial charge < -0.3 is 15.4 Å². The van der Waals surface area contributed by atoms with E-state index >= 15 is 0 Å². The van der Waals surface area contributed by atoms with Crippen molar-refractivity contribution in [1.82, 2.24) is 4.98 Å². The number of esters is 1. The highest BCUT2D eigenvalue weighted by atomic mass is 32.2. The van der Waals surface area contributed by atoms with Gasteiger partial charge in [0.2, 0.25) is 5.91 Å². The highest BCUT2D eigenvalue weighted by Crippen LogP contribution is 2.43. The number of carbonyl (C=O) groups excluding carboxylic acids is 3. The van der Waals surface area contributed by atoms with Gasteiger partial charge in [-0.15, -0.1) is 0 Å². The Morgan fingerprint density at radius 2 is 2.08 bits per heavy atom. The molecule has 1 aromatic heterocycles. The average Bonchev–Trinajstić information content (AvgIpc) is 2.96. The Bertz CT molecular complexity index is 896. The van der Waals surface area contributed by atoms with Crippen LogP contribution in [0.4, 0.5) is 10.8 Å². The molecule has 1 aromatic carbocycles. The Hall–Kier alpha value is -2.39. The molecule has 0 bridgehead atoms. The van der Waals surface area contributed by atoms with Gasteiger partial charge in [0.25, 0.3) is 5.91 Å². The van der Waals surface area contributed by atoms with Gasteiger partial charge in [0.05, 0.1) is 18.0 Å². The lowest BCUT2D eigenvalue weighted by Crippen LogP contribution is -2.49. The predicted octanol–water partition coefficient (Wildman–Crippen LogP) is 3.07. The monoisotopic (exact) mass is 391 g/mol. The molecule has 26 heavy (non-hydrogen) atoms. The minimum atomic E-state index is -1.35. The summed E-state index contributed by atoms with van der Waals surface area (Å²) >= 11 is 2.21. The van der Waals surface area contributed by atoms with Crippen molar-refractivity contribution >= 4 is 51.7 Å². The molecular weight excluding hydrogens is 374 g/mol. The highest BCUT2D eigenvalue weighted by molar-refractivity contribution is 8.02. The van der Waals surface area contributed by atoms with Gasteiger partial charge in [0.1, 0.15) is 4.88 Å². The second-order valence-electron chi connectivity index (χ2n) is 5.69. The summed E-state index contributed by atoms with van der Waals surface area (Å²) in [5.41, 5.74) is 1.16. The van der Waals surface area contributed by atoms with Crippen molar-refractivity contribution in [3.63, 3.8) is 0 Å². The van der Waals surface area contributed by atoms with Crippen molar-refractivity contribution in [2.45, 2.75) is 30.4 Å². The van der Waals surface area contributed by atoms with Gasteiger partial charge in [-0.2, -0.15) is 0 Å². The maximum Gasteiger partial charge on any atom is 0.350 e. The van der Waals surface area contributed by atoms with Gasteiger partial charge in [-0.05, 0) is 32.9 Å². The van der Waals surface area contributed by atoms with E-state index in [1.54, 1.807) is 26.8 Å². The first-order valence-electron chi connectivity index (χ1n) is 7.90. The molecule has 1 aliphatic rings. The number of benzene rings is 1. The first-order chi connectivity index (χ1) is 12.3. The summed E-state index contributed by atoms with van der Waals surface area (Å²) in [7, 11) is 0. The second kappa shape index (κ2) is 7.08. The van der Waals surface area contributed by atoms with Gasteiger partial charge in [-0.3, -0.25) is 9.59 Å². The molecule has 7 nitrogen and oxygen atoms in total. The smallest absolute Gasteiger partial charge is 0.350 e. The lowest BCUT2D eigenvalue weighted by molar-refractivity contribution is -0.126. The molecule has 0 spiro atoms. The summed E-state index contributed by atoms with van der Waals surface area (Å²) in [6, 6.07) is 7.29. The number of amides is 2. The standard InChI is InChI=1S/C17H17N3O4S2/c1-4-24-13(21)12-9(2)18-16(25-12)20-15(23)17(3)14(22)19-10-7-5-6-8-11(10)26-17/h5-8H,4H2,1-3H3,(H,19,22)(H,18,20,23). The van der Waals surface area contributed by atoms with Gasteiger partial charge in [-0.1, -0.05) is 35.2 Å². The lowest BCUT2D eigenvalue weighted by Gasteiger charge is -2.31. The van der Waals surface area contributed by atoms with Crippen LogP contribution in [0.2, 0.25) is 0 Å². The van der Waals surface area contributed by atoms with Crippen LogP contribution in [0.15, 0.2) is 29.2 Å². The molecular formula is C17H17N3O4S2. The summed E-state index contributed by atoms with van der Waals surface area (Å²) in [5, 5.41) is 5.66. The zero-order valence-electron chi connectivity index (χ0n) is 14.4. The summed E-state index contributed by atoms with van der Waals surface area (Å²) in [6.07, 6.45) is 0. The first kappa shape index (κ1) is 18.4. The van der Waals surface area contributed by atoms with Crippen LogP contribution in [0.25, 0.3) is 0 Å². The molecule has 0 aliphatic carbocycles. The molecule has 2 heterocycles. The van der Waals surface area contributed by atoms with Crippen molar-refractivity contribution in [3.8, 4) is 0 Å². The van der Waals surface area contributed by atoms with E-state index in [0.717, 1.165) is 16.2 Å². The van der Waals surface area contributed by atoms with Crippen LogP contribution in [0, 0.1) is 6.92 Å². The van der Waals surface area contributed by atoms with E-state index < -0.39 is 22.5 Å². The van der Waals surface area contributed by atoms with Crippen molar-refractivity contribution in [1.29, 1.82) is 0 Å². The topological polar surface area (TPSA) is 97.4 Å². The highest BCUT2D eigenvalue weighted by Gasteiger charge is 2.46. The van der Waals surface area contributed by atoms with Crippen molar-refractivity contribution in [3.05, 3.63) is 34.8 Å². The number of ether oxygens (including phenoxy) is 1. The molecule has 0 saturated carbocycles. The number of thioether (sulfide) groups is 1. The maximum atomic E-state index is 12.8. The van der Waals surface area contributed by atoms with Gasteiger partial charge in [0.15, 0.2) is 9.88 Å². The number of carbonyl (C=O) groups is 3. The molecule has 2 amide bonds. The Balaban J connectivity index is 1.81. The molecule has 1 aliphatic heterocycles. The number of rotatable bonds is 4. The minimum absolute atomic E-state index is 0.254. The Morgan fingerprint density at radius 1 is 1.35 bits per heavy atom. The van der Waals surface area contributed by atoms with E-state index in [9.17, 15) is 14.4 Å². The molecule has 2 aromatic rings. The number of anilines is 2. The van der Waals surface area contributed by atoms with Crippen LogP contribution in [-0.2, 0) is 14.3 Å². The lowest BCUT2D eigenvalue weighted by atomic mass is 10.1. The largest absolute Gasteiger partial charge is 0.462 e. The number of fused-ring (bicyclic) bond motifs is 1. The normalized spacial score (nSPS) is 18.7. The number of thiazole rings is 1. The van der Waals surface area contributed by atoms with E-state index in [0.29, 0.717) is 16.3 Å². The van der Waals surface area contributed by atoms with Crippen LogP contribution in [0.1, 0.15) is 29.2 Å². The fraction of sp³-hybridized carbons (Fsp3) is 0.294. The summed E-state index contributed by atoms with van der Waals surface area (Å²) < 4.78 is 3.62. The van der Waals surface area contributed by atoms with Gasteiger partial charge >= 0.3 is 5.97 Å². The Morgan fingerprint density at radius 3 is 2.81 bits per heavy atom. The molecule has 2 N–H and O–H groups in total. The van der Waals surface area contributed by atoms with E-state index in [1.165, 1.54) is 11.8 Å². The summed E-state index contributed by atoms with van der Waals surface area (Å²) in [6.45, 7) is 5.20. The summed E-state index contributed by atoms with van der Waals surface area (Å²) in [4.78, 5) is 42.5. The predicted molar refractivity (Wildman–Crippen MR) is 101 cm³/mol. The van der Waals surface area contributed by atoms with E-state index in [2.05, 4.69) is 15.6 Å². The van der Waals surface area contributed by atoms with Crippen LogP contribution < -0.4 is 10.6 Å². The summed E-state index contributed by atoms with van der Waals surface area (Å²) in [5.74, 6) is -1.39. The maximum absolute atomic E-state index is 12.8. The molecule has 3 rings (SSSR count). The number of nitrogens with zero attached hydrogens (tertiary/aromatic N) is 1. The second-order valence-corrected chi connectivity index (χ2v) is 8.15. The van der Waals surface area contributed by atoms with E-state index in [-0.39, 0.29) is 11.7 Å². The van der Waals surface area contributed by atoms with Crippen molar-refractivity contribution in [2.24, 2.45) is 0 Å². The van der Waals surface area contributed by atoms with Crippen LogP contribution in [0.3, 0.4) is 0 Å². The molecule has 0 saturated heterocycles. The first-order valence-corrected chi connectivity index (χ1v) is 9.54. The number of nitrogens with one attached hydrogen (secondary N) is 2. The third kappa shape index (κ3) is 3.32. The Labute approximate surface area is 158 Å². The number of aromatic nitrogens is 1. The van der Waals surface area contributed by atoms with Gasteiger partial charge in [0, 0.05) is 4.90 Å². The third-order valence-corrected chi connectivity index (χ3v) is 6.20. The fourth-order valence-corrected chi connectivity index (χ4v) is 4.33. The number of hydrogen-bond acceptors (Lipinski definition) is 7. The zero-order valence-corrected chi connectivity index (χ0v) is 16.0. The van der Waals surface area contributed by atoms with Gasteiger partial charge in [-0.25, -0.2) is 9.78 Å². The molecule has 1 atom stereocenters. The van der Waals surface area contributed by atoms with E-state index in [4.69, 9.17) is 4.74 Å². The third-order valence-electron chi connectivity index (χ3n) is 3.79. The fourth-order valence-electron chi connectivity index (χ4n) is 2.37. The van der Waals surface area contributed by atoms with Crippen LogP contribution >= 0.6 is 23.1 Å². The van der Waals surface area contributed by atoms with Crippen LogP contribution in [-0.4, -0.2) is 34.1 Å². The van der Waals surface area contributed by atoms with Crippen molar-refractivity contribution in [2.75, 3.05) is 17.2 Å². The molecule has 0 fully saturated rings. The van der Waals surface area contributed by atoms with Crippen molar-refractivity contribution < 1.29 is 19.1 Å². The molecule has 9 heteroatoms. The van der Waals surface area contributed by atoms with Crippen LogP contribution in [0.5, 0.6) is 0 Å². The minimum Gasteiger partial charge on any atom is -0.462 e. The number of aryl methyl sites for hydroxylation is 1. The number of hydrogen-bond donors (Lipinski definition) is 2. The molecule has 1 unspecified atom stereocenters. The molecule has 136 valence electrons. The molecule has 0 radical (unpaired) electrons. The quantitative estimate of drug-likeness (QED) is 0.614. The Kier molecular flexibility index (Phi) is 5.01. The number of para-hydroxylation sites is 1. The zero-order chi connectivity index (χ0) is 18.9. The SMILES string of the molecule is CCOC(=O)c1sc(NC(=O)C2(C)Sc3ccccc3NC2=O)nc1C.